The number of nitrogens with zero attached hydrogens (tertiary/aromatic N) is 5. The van der Waals surface area contributed by atoms with E-state index in [1.165, 1.54) is 24.5 Å². The molecule has 2 aromatic heterocycles. The number of likely N-dealkylation sites (tertiary alicyclic amines) is 1. The van der Waals surface area contributed by atoms with Crippen molar-refractivity contribution >= 4 is 22.8 Å². The zero-order valence-electron chi connectivity index (χ0n) is 14.0. The number of amides is 1. The van der Waals surface area contributed by atoms with Crippen LogP contribution in [0.1, 0.15) is 12.5 Å². The predicted molar refractivity (Wildman–Crippen MR) is 95.6 cm³/mol. The SMILES string of the molecule is C=CC(=O)N1CC[C@@H](n2nc(-c3ccc(F)cc3)c3c(N)ncnc32)C1. The smallest absolute Gasteiger partial charge is 0.246 e. The number of anilines is 1. The van der Waals surface area contributed by atoms with Crippen molar-refractivity contribution in [3.05, 3.63) is 49.1 Å². The summed E-state index contributed by atoms with van der Waals surface area (Å²) in [4.78, 5) is 22.0. The first-order chi connectivity index (χ1) is 12.6. The van der Waals surface area contributed by atoms with E-state index in [1.54, 1.807) is 21.7 Å². The fourth-order valence-corrected chi connectivity index (χ4v) is 3.33. The van der Waals surface area contributed by atoms with E-state index in [0.29, 0.717) is 35.6 Å². The average Bonchev–Trinajstić information content (AvgIpc) is 3.27. The summed E-state index contributed by atoms with van der Waals surface area (Å²) in [5.74, 6) is -0.106. The Labute approximate surface area is 149 Å². The maximum Gasteiger partial charge on any atom is 0.246 e. The summed E-state index contributed by atoms with van der Waals surface area (Å²) in [7, 11) is 0. The number of nitrogens with two attached hydrogens (primary N) is 1. The van der Waals surface area contributed by atoms with E-state index in [2.05, 4.69) is 16.5 Å². The maximum atomic E-state index is 13.3. The molecule has 7 nitrogen and oxygen atoms in total. The van der Waals surface area contributed by atoms with E-state index >= 15 is 0 Å². The molecule has 1 aliphatic rings. The summed E-state index contributed by atoms with van der Waals surface area (Å²) < 4.78 is 15.1. The topological polar surface area (TPSA) is 89.9 Å². The van der Waals surface area contributed by atoms with Crippen LogP contribution in [-0.4, -0.2) is 43.6 Å². The Hall–Kier alpha value is -3.29. The lowest BCUT2D eigenvalue weighted by atomic mass is 10.1. The first-order valence-electron chi connectivity index (χ1n) is 8.24. The molecule has 1 saturated heterocycles. The Morgan fingerprint density at radius 3 is 2.81 bits per heavy atom. The fourth-order valence-electron chi connectivity index (χ4n) is 3.33. The molecule has 1 fully saturated rings. The molecule has 1 aliphatic heterocycles. The van der Waals surface area contributed by atoms with Crippen LogP contribution in [0.25, 0.3) is 22.3 Å². The van der Waals surface area contributed by atoms with Gasteiger partial charge in [-0.2, -0.15) is 5.10 Å². The second kappa shape index (κ2) is 6.21. The zero-order chi connectivity index (χ0) is 18.3. The molecule has 0 bridgehead atoms. The molecule has 0 unspecified atom stereocenters. The third-order valence-corrected chi connectivity index (χ3v) is 4.63. The minimum atomic E-state index is -0.323. The van der Waals surface area contributed by atoms with E-state index in [1.807, 2.05) is 0 Å². The van der Waals surface area contributed by atoms with Gasteiger partial charge in [-0.05, 0) is 36.8 Å². The molecule has 3 heterocycles. The van der Waals surface area contributed by atoms with Crippen LogP contribution in [0, 0.1) is 5.82 Å². The number of nitrogen functional groups attached to an aromatic ring is 1. The van der Waals surface area contributed by atoms with Crippen molar-refractivity contribution in [2.45, 2.75) is 12.5 Å². The predicted octanol–water partition coefficient (Wildman–Crippen LogP) is 2.17. The quantitative estimate of drug-likeness (QED) is 0.730. The number of halogens is 1. The molecule has 2 N–H and O–H groups in total. The Morgan fingerprint density at radius 1 is 1.31 bits per heavy atom. The Balaban J connectivity index is 1.82. The van der Waals surface area contributed by atoms with Gasteiger partial charge in [-0.3, -0.25) is 4.79 Å². The molecule has 8 heteroatoms. The molecule has 0 radical (unpaired) electrons. The lowest BCUT2D eigenvalue weighted by molar-refractivity contribution is -0.125. The minimum absolute atomic E-state index is 0.0232. The van der Waals surface area contributed by atoms with Crippen molar-refractivity contribution in [2.24, 2.45) is 0 Å². The summed E-state index contributed by atoms with van der Waals surface area (Å²) in [5.41, 5.74) is 8.02. The van der Waals surface area contributed by atoms with Crippen molar-refractivity contribution < 1.29 is 9.18 Å². The highest BCUT2D eigenvalue weighted by molar-refractivity contribution is 5.98. The van der Waals surface area contributed by atoms with Crippen LogP contribution in [0.5, 0.6) is 0 Å². The van der Waals surface area contributed by atoms with E-state index in [-0.39, 0.29) is 17.8 Å². The first kappa shape index (κ1) is 16.2. The molecule has 1 aromatic carbocycles. The molecule has 0 spiro atoms. The summed E-state index contributed by atoms with van der Waals surface area (Å²) in [5, 5.41) is 5.33. The lowest BCUT2D eigenvalue weighted by Gasteiger charge is -2.14. The van der Waals surface area contributed by atoms with Gasteiger partial charge < -0.3 is 10.6 Å². The molecular weight excluding hydrogens is 335 g/mol. The number of rotatable bonds is 3. The highest BCUT2D eigenvalue weighted by atomic mass is 19.1. The van der Waals surface area contributed by atoms with E-state index in [9.17, 15) is 9.18 Å². The molecule has 1 amide bonds. The number of hydrogen-bond acceptors (Lipinski definition) is 5. The molecule has 0 aliphatic carbocycles. The van der Waals surface area contributed by atoms with Crippen molar-refractivity contribution in [1.82, 2.24) is 24.6 Å². The number of carbonyl (C=O) groups excluding carboxylic acids is 1. The minimum Gasteiger partial charge on any atom is -0.383 e. The summed E-state index contributed by atoms with van der Waals surface area (Å²) >= 11 is 0. The van der Waals surface area contributed by atoms with E-state index in [0.717, 1.165) is 12.0 Å². The Morgan fingerprint density at radius 2 is 2.08 bits per heavy atom. The van der Waals surface area contributed by atoms with Crippen LogP contribution in [0.4, 0.5) is 10.2 Å². The monoisotopic (exact) mass is 352 g/mol. The molecule has 132 valence electrons. The zero-order valence-corrected chi connectivity index (χ0v) is 14.0. The van der Waals surface area contributed by atoms with Crippen LogP contribution in [0.2, 0.25) is 0 Å². The van der Waals surface area contributed by atoms with Crippen molar-refractivity contribution in [3.8, 4) is 11.3 Å². The van der Waals surface area contributed by atoms with Crippen LogP contribution < -0.4 is 5.73 Å². The molecule has 26 heavy (non-hydrogen) atoms. The summed E-state index contributed by atoms with van der Waals surface area (Å²) in [6.07, 6.45) is 3.46. The van der Waals surface area contributed by atoms with Crippen LogP contribution in [-0.2, 0) is 4.79 Å². The van der Waals surface area contributed by atoms with Crippen molar-refractivity contribution in [3.63, 3.8) is 0 Å². The maximum absolute atomic E-state index is 13.3. The lowest BCUT2D eigenvalue weighted by Crippen LogP contribution is -2.27. The second-order valence-electron chi connectivity index (χ2n) is 6.19. The highest BCUT2D eigenvalue weighted by Crippen LogP contribution is 2.33. The van der Waals surface area contributed by atoms with Crippen LogP contribution in [0.15, 0.2) is 43.2 Å². The molecule has 0 saturated carbocycles. The Bertz CT molecular complexity index is 997. The Kier molecular flexibility index (Phi) is 3.87. The van der Waals surface area contributed by atoms with Gasteiger partial charge in [0.2, 0.25) is 5.91 Å². The van der Waals surface area contributed by atoms with Gasteiger partial charge in [0.05, 0.1) is 11.4 Å². The number of hydrogen-bond donors (Lipinski definition) is 1. The standard InChI is InChI=1S/C18H17FN6O/c1-2-14(26)24-8-7-13(9-24)25-18-15(17(20)21-10-22-18)16(23-25)11-3-5-12(19)6-4-11/h2-6,10,13H,1,7-9H2,(H2,20,21,22)/t13-/m1/s1. The van der Waals surface area contributed by atoms with Gasteiger partial charge in [0.1, 0.15) is 23.7 Å². The number of aromatic nitrogens is 4. The largest absolute Gasteiger partial charge is 0.383 e. The number of carbonyl (C=O) groups is 1. The van der Waals surface area contributed by atoms with Gasteiger partial charge in [-0.1, -0.05) is 6.58 Å². The van der Waals surface area contributed by atoms with Crippen molar-refractivity contribution in [1.29, 1.82) is 0 Å². The van der Waals surface area contributed by atoms with Gasteiger partial charge in [-0.15, -0.1) is 0 Å². The van der Waals surface area contributed by atoms with Gasteiger partial charge in [0.15, 0.2) is 5.65 Å². The molecule has 1 atom stereocenters. The van der Waals surface area contributed by atoms with Crippen molar-refractivity contribution in [2.75, 3.05) is 18.8 Å². The van der Waals surface area contributed by atoms with Gasteiger partial charge >= 0.3 is 0 Å². The summed E-state index contributed by atoms with van der Waals surface area (Å²) in [6, 6.07) is 6.02. The number of benzene rings is 1. The van der Waals surface area contributed by atoms with Gasteiger partial charge in [-0.25, -0.2) is 19.0 Å². The molecular formula is C18H17FN6O. The normalized spacial score (nSPS) is 17.0. The first-order valence-corrected chi connectivity index (χ1v) is 8.24. The highest BCUT2D eigenvalue weighted by Gasteiger charge is 2.29. The number of fused-ring (bicyclic) bond motifs is 1. The van der Waals surface area contributed by atoms with Gasteiger partial charge in [0.25, 0.3) is 0 Å². The molecule has 4 rings (SSSR count). The fraction of sp³-hybridized carbons (Fsp3) is 0.222. The van der Waals surface area contributed by atoms with Crippen LogP contribution >= 0.6 is 0 Å². The van der Waals surface area contributed by atoms with Crippen LogP contribution in [0.3, 0.4) is 0 Å². The second-order valence-corrected chi connectivity index (χ2v) is 6.19. The van der Waals surface area contributed by atoms with E-state index < -0.39 is 0 Å². The van der Waals surface area contributed by atoms with E-state index in [4.69, 9.17) is 10.8 Å². The molecule has 3 aromatic rings. The average molecular weight is 352 g/mol. The third-order valence-electron chi connectivity index (χ3n) is 4.63. The summed E-state index contributed by atoms with van der Waals surface area (Å²) in [6.45, 7) is 4.68. The van der Waals surface area contributed by atoms with Gasteiger partial charge in [0, 0.05) is 18.7 Å². The third kappa shape index (κ3) is 2.59.